The topological polar surface area (TPSA) is 24.9 Å². The average Bonchev–Trinajstić information content (AvgIpc) is 2.21. The lowest BCUT2D eigenvalue weighted by Gasteiger charge is -2.15. The van der Waals surface area contributed by atoms with E-state index in [1.54, 1.807) is 6.20 Å². The Kier molecular flexibility index (Phi) is 4.63. The second kappa shape index (κ2) is 5.78. The Hall–Kier alpha value is -0.860. The predicted molar refractivity (Wildman–Crippen MR) is 60.5 cm³/mol. The summed E-state index contributed by atoms with van der Waals surface area (Å²) in [6.45, 7) is 3.70. The molecule has 3 heteroatoms. The van der Waals surface area contributed by atoms with Crippen LogP contribution in [0.2, 0.25) is 5.02 Å². The molecule has 1 unspecified atom stereocenters. The van der Waals surface area contributed by atoms with Gasteiger partial charge in [0.25, 0.3) is 0 Å². The Morgan fingerprint density at radius 2 is 2.50 bits per heavy atom. The van der Waals surface area contributed by atoms with E-state index in [-0.39, 0.29) is 6.04 Å². The van der Waals surface area contributed by atoms with E-state index < -0.39 is 0 Å². The van der Waals surface area contributed by atoms with Gasteiger partial charge in [0.1, 0.15) is 0 Å². The van der Waals surface area contributed by atoms with Crippen LogP contribution in [0.4, 0.5) is 0 Å². The zero-order valence-electron chi connectivity index (χ0n) is 8.33. The van der Waals surface area contributed by atoms with E-state index in [1.807, 2.05) is 25.3 Å². The Morgan fingerprint density at radius 3 is 3.07 bits per heavy atom. The van der Waals surface area contributed by atoms with Crippen molar-refractivity contribution in [2.24, 2.45) is 0 Å². The average molecular weight is 211 g/mol. The molecule has 1 rings (SSSR count). The number of pyridine rings is 1. The number of hydrogen-bond acceptors (Lipinski definition) is 2. The van der Waals surface area contributed by atoms with Crippen LogP contribution < -0.4 is 5.32 Å². The third-order valence-electron chi connectivity index (χ3n) is 2.12. The van der Waals surface area contributed by atoms with Crippen LogP contribution in [0.25, 0.3) is 0 Å². The van der Waals surface area contributed by atoms with Crippen molar-refractivity contribution in [3.63, 3.8) is 0 Å². The Balaban J connectivity index is 2.78. The van der Waals surface area contributed by atoms with Gasteiger partial charge in [-0.2, -0.15) is 0 Å². The van der Waals surface area contributed by atoms with E-state index in [9.17, 15) is 0 Å². The molecule has 0 fully saturated rings. The lowest BCUT2D eigenvalue weighted by molar-refractivity contribution is 0.541. The van der Waals surface area contributed by atoms with Gasteiger partial charge in [-0.05, 0) is 32.0 Å². The molecular formula is C11H15ClN2. The SMILES string of the molecule is C=CCCC(NC)c1ncccc1Cl. The standard InChI is InChI=1S/C11H15ClN2/c1-3-4-7-10(13-2)11-9(12)6-5-8-14-11/h3,5-6,8,10,13H,1,4,7H2,2H3. The van der Waals surface area contributed by atoms with Gasteiger partial charge in [-0.3, -0.25) is 4.98 Å². The molecule has 1 heterocycles. The molecular weight excluding hydrogens is 196 g/mol. The summed E-state index contributed by atoms with van der Waals surface area (Å²) >= 11 is 6.05. The van der Waals surface area contributed by atoms with Gasteiger partial charge < -0.3 is 5.32 Å². The maximum atomic E-state index is 6.05. The fourth-order valence-corrected chi connectivity index (χ4v) is 1.61. The number of hydrogen-bond donors (Lipinski definition) is 1. The summed E-state index contributed by atoms with van der Waals surface area (Å²) < 4.78 is 0. The van der Waals surface area contributed by atoms with E-state index in [0.29, 0.717) is 0 Å². The van der Waals surface area contributed by atoms with Gasteiger partial charge in [-0.25, -0.2) is 0 Å². The van der Waals surface area contributed by atoms with Crippen molar-refractivity contribution in [3.8, 4) is 0 Å². The van der Waals surface area contributed by atoms with E-state index in [1.165, 1.54) is 0 Å². The Morgan fingerprint density at radius 1 is 1.71 bits per heavy atom. The molecule has 1 atom stereocenters. The largest absolute Gasteiger partial charge is 0.312 e. The minimum absolute atomic E-state index is 0.210. The Bertz CT molecular complexity index is 299. The number of rotatable bonds is 5. The summed E-state index contributed by atoms with van der Waals surface area (Å²) in [5.41, 5.74) is 0.915. The molecule has 0 bridgehead atoms. The molecule has 0 aliphatic rings. The lowest BCUT2D eigenvalue weighted by Crippen LogP contribution is -2.17. The van der Waals surface area contributed by atoms with Crippen molar-refractivity contribution < 1.29 is 0 Å². The monoisotopic (exact) mass is 210 g/mol. The minimum atomic E-state index is 0.210. The molecule has 0 saturated heterocycles. The zero-order valence-corrected chi connectivity index (χ0v) is 9.09. The van der Waals surface area contributed by atoms with Crippen molar-refractivity contribution in [3.05, 3.63) is 41.7 Å². The highest BCUT2D eigenvalue weighted by atomic mass is 35.5. The van der Waals surface area contributed by atoms with Gasteiger partial charge in [-0.15, -0.1) is 6.58 Å². The fraction of sp³-hybridized carbons (Fsp3) is 0.364. The van der Waals surface area contributed by atoms with Gasteiger partial charge in [0.15, 0.2) is 0 Å². The second-order valence-corrected chi connectivity index (χ2v) is 3.48. The fourth-order valence-electron chi connectivity index (χ4n) is 1.36. The second-order valence-electron chi connectivity index (χ2n) is 3.08. The first-order valence-corrected chi connectivity index (χ1v) is 5.06. The summed E-state index contributed by atoms with van der Waals surface area (Å²) in [6.07, 6.45) is 5.59. The number of nitrogens with zero attached hydrogens (tertiary/aromatic N) is 1. The third kappa shape index (κ3) is 2.82. The number of halogens is 1. The van der Waals surface area contributed by atoms with Crippen molar-refractivity contribution in [2.45, 2.75) is 18.9 Å². The molecule has 0 aliphatic heterocycles. The first-order valence-electron chi connectivity index (χ1n) is 4.68. The molecule has 76 valence electrons. The van der Waals surface area contributed by atoms with E-state index in [2.05, 4.69) is 16.9 Å². The maximum Gasteiger partial charge on any atom is 0.0758 e. The smallest absolute Gasteiger partial charge is 0.0758 e. The molecule has 0 amide bonds. The summed E-state index contributed by atoms with van der Waals surface area (Å²) in [5, 5.41) is 3.92. The number of nitrogens with one attached hydrogen (secondary N) is 1. The summed E-state index contributed by atoms with van der Waals surface area (Å²) in [4.78, 5) is 4.27. The van der Waals surface area contributed by atoms with Gasteiger partial charge in [0.2, 0.25) is 0 Å². The van der Waals surface area contributed by atoms with Gasteiger partial charge >= 0.3 is 0 Å². The molecule has 0 aliphatic carbocycles. The molecule has 0 spiro atoms. The Labute approximate surface area is 90.0 Å². The highest BCUT2D eigenvalue weighted by Crippen LogP contribution is 2.23. The molecule has 1 aromatic heterocycles. The van der Waals surface area contributed by atoms with Crippen molar-refractivity contribution in [2.75, 3.05) is 7.05 Å². The zero-order chi connectivity index (χ0) is 10.4. The lowest BCUT2D eigenvalue weighted by atomic mass is 10.1. The molecule has 2 nitrogen and oxygen atoms in total. The summed E-state index contributed by atoms with van der Waals surface area (Å²) in [7, 11) is 1.92. The van der Waals surface area contributed by atoms with E-state index in [4.69, 9.17) is 11.6 Å². The van der Waals surface area contributed by atoms with Crippen LogP contribution in [0.3, 0.4) is 0 Å². The molecule has 1 N–H and O–H groups in total. The first kappa shape index (κ1) is 11.2. The molecule has 14 heavy (non-hydrogen) atoms. The van der Waals surface area contributed by atoms with Gasteiger partial charge in [0.05, 0.1) is 16.8 Å². The van der Waals surface area contributed by atoms with Gasteiger partial charge in [0, 0.05) is 6.20 Å². The van der Waals surface area contributed by atoms with Gasteiger partial charge in [-0.1, -0.05) is 17.7 Å². The van der Waals surface area contributed by atoms with Crippen LogP contribution >= 0.6 is 11.6 Å². The van der Waals surface area contributed by atoms with Crippen LogP contribution in [0, 0.1) is 0 Å². The molecule has 1 aromatic rings. The van der Waals surface area contributed by atoms with E-state index in [0.717, 1.165) is 23.6 Å². The third-order valence-corrected chi connectivity index (χ3v) is 2.44. The van der Waals surface area contributed by atoms with Crippen molar-refractivity contribution >= 4 is 11.6 Å². The van der Waals surface area contributed by atoms with Crippen molar-refractivity contribution in [1.29, 1.82) is 0 Å². The highest BCUT2D eigenvalue weighted by Gasteiger charge is 2.12. The number of allylic oxidation sites excluding steroid dienone is 1. The minimum Gasteiger partial charge on any atom is -0.312 e. The van der Waals surface area contributed by atoms with Crippen molar-refractivity contribution in [1.82, 2.24) is 10.3 Å². The summed E-state index contributed by atoms with van der Waals surface area (Å²) in [6, 6.07) is 3.91. The predicted octanol–water partition coefficient (Wildman–Crippen LogP) is 2.96. The summed E-state index contributed by atoms with van der Waals surface area (Å²) in [5.74, 6) is 0. The quantitative estimate of drug-likeness (QED) is 0.756. The normalized spacial score (nSPS) is 12.4. The van der Waals surface area contributed by atoms with Crippen LogP contribution in [-0.2, 0) is 0 Å². The van der Waals surface area contributed by atoms with Crippen LogP contribution in [0.5, 0.6) is 0 Å². The van der Waals surface area contributed by atoms with E-state index >= 15 is 0 Å². The van der Waals surface area contributed by atoms with Crippen LogP contribution in [0.1, 0.15) is 24.6 Å². The van der Waals surface area contributed by atoms with Crippen LogP contribution in [0.15, 0.2) is 31.0 Å². The van der Waals surface area contributed by atoms with Crippen LogP contribution in [-0.4, -0.2) is 12.0 Å². The molecule has 0 saturated carbocycles. The first-order chi connectivity index (χ1) is 6.79. The number of aromatic nitrogens is 1. The molecule has 0 radical (unpaired) electrons. The maximum absolute atomic E-state index is 6.05. The highest BCUT2D eigenvalue weighted by molar-refractivity contribution is 6.31. The molecule has 0 aromatic carbocycles.